The van der Waals surface area contributed by atoms with E-state index in [1.54, 1.807) is 0 Å². The van der Waals surface area contributed by atoms with Crippen LogP contribution in [0.4, 0.5) is 5.82 Å². The number of carbonyl (C=O) groups is 2. The number of esters is 1. The van der Waals surface area contributed by atoms with E-state index in [0.29, 0.717) is 24.3 Å². The summed E-state index contributed by atoms with van der Waals surface area (Å²) in [5.74, 6) is -0.155. The van der Waals surface area contributed by atoms with Crippen molar-refractivity contribution in [2.24, 2.45) is 5.92 Å². The van der Waals surface area contributed by atoms with Crippen LogP contribution in [0.2, 0.25) is 0 Å². The average molecular weight is 332 g/mol. The molecule has 24 heavy (non-hydrogen) atoms. The number of aliphatic hydroxyl groups excluding tert-OH is 1. The summed E-state index contributed by atoms with van der Waals surface area (Å²) in [5.41, 5.74) is 0.707. The molecular weight excluding hydrogens is 312 g/mol. The molecule has 1 amide bonds. The summed E-state index contributed by atoms with van der Waals surface area (Å²) < 4.78 is 7.32. The maximum Gasteiger partial charge on any atom is 0.302 e. The van der Waals surface area contributed by atoms with E-state index in [-0.39, 0.29) is 36.5 Å². The van der Waals surface area contributed by atoms with E-state index in [9.17, 15) is 14.7 Å². The third-order valence-electron chi connectivity index (χ3n) is 4.35. The predicted octanol–water partition coefficient (Wildman–Crippen LogP) is 1.26. The van der Waals surface area contributed by atoms with Crippen molar-refractivity contribution < 1.29 is 19.4 Å². The molecule has 0 aromatic carbocycles. The number of aliphatic hydroxyl groups is 1. The highest BCUT2D eigenvalue weighted by molar-refractivity contribution is 5.97. The minimum atomic E-state index is -0.341. The van der Waals surface area contributed by atoms with Gasteiger partial charge in [0.15, 0.2) is 0 Å². The first-order valence-corrected chi connectivity index (χ1v) is 7.86. The van der Waals surface area contributed by atoms with Crippen molar-refractivity contribution in [2.45, 2.75) is 38.8 Å². The smallest absolute Gasteiger partial charge is 0.302 e. The molecule has 2 heterocycles. The molecule has 0 bridgehead atoms. The first-order valence-electron chi connectivity index (χ1n) is 7.86. The predicted molar refractivity (Wildman–Crippen MR) is 86.2 cm³/mol. The lowest BCUT2D eigenvalue weighted by atomic mass is 10.1. The molecule has 3 unspecified atom stereocenters. The van der Waals surface area contributed by atoms with Gasteiger partial charge in [0, 0.05) is 45.0 Å². The van der Waals surface area contributed by atoms with E-state index in [1.165, 1.54) is 20.2 Å². The Morgan fingerprint density at radius 3 is 2.83 bits per heavy atom. The molecule has 0 spiro atoms. The van der Waals surface area contributed by atoms with E-state index < -0.39 is 0 Å². The summed E-state index contributed by atoms with van der Waals surface area (Å²) in [6, 6.07) is 1.91. The van der Waals surface area contributed by atoms with Crippen LogP contribution in [0.5, 0.6) is 0 Å². The minimum Gasteiger partial charge on any atom is -0.462 e. The molecule has 0 radical (unpaired) electrons. The van der Waals surface area contributed by atoms with Gasteiger partial charge in [0.1, 0.15) is 23.9 Å². The molecule has 0 saturated heterocycles. The highest BCUT2D eigenvalue weighted by Gasteiger charge is 2.37. The second-order valence-corrected chi connectivity index (χ2v) is 6.08. The van der Waals surface area contributed by atoms with E-state index in [4.69, 9.17) is 4.74 Å². The quantitative estimate of drug-likeness (QED) is 0.817. The summed E-state index contributed by atoms with van der Waals surface area (Å²) >= 11 is 0. The van der Waals surface area contributed by atoms with Crippen molar-refractivity contribution >= 4 is 28.7 Å². The number of nitrogens with one attached hydrogen (secondary N) is 1. The maximum absolute atomic E-state index is 11.3. The van der Waals surface area contributed by atoms with Crippen LogP contribution < -0.4 is 5.32 Å². The third-order valence-corrected chi connectivity index (χ3v) is 4.35. The van der Waals surface area contributed by atoms with Gasteiger partial charge in [0.05, 0.1) is 5.39 Å². The Balaban J connectivity index is 1.90. The van der Waals surface area contributed by atoms with E-state index in [1.807, 2.05) is 16.8 Å². The van der Waals surface area contributed by atoms with Gasteiger partial charge in [-0.1, -0.05) is 0 Å². The standard InChI is InChI=1S/C16H20N4O4/c1-9(22)19-15-13-3-4-20(16(13)18-8-17-15)12-5-11(7-21)14(6-12)24-10(2)23/h3-4,8,11-12,14,21H,5-7H2,1-2H3,(H,17,18,19,22). The van der Waals surface area contributed by atoms with Crippen LogP contribution >= 0.6 is 0 Å². The Hall–Kier alpha value is -2.48. The molecule has 1 fully saturated rings. The van der Waals surface area contributed by atoms with Gasteiger partial charge in [-0.2, -0.15) is 0 Å². The molecule has 1 saturated carbocycles. The number of hydrogen-bond donors (Lipinski definition) is 2. The van der Waals surface area contributed by atoms with Gasteiger partial charge in [-0.25, -0.2) is 9.97 Å². The van der Waals surface area contributed by atoms with Crippen LogP contribution in [0.15, 0.2) is 18.6 Å². The van der Waals surface area contributed by atoms with Gasteiger partial charge in [0.2, 0.25) is 5.91 Å². The number of aromatic nitrogens is 3. The topological polar surface area (TPSA) is 106 Å². The summed E-state index contributed by atoms with van der Waals surface area (Å²) in [6.07, 6.45) is 4.31. The van der Waals surface area contributed by atoms with Crippen molar-refractivity contribution in [3.8, 4) is 0 Å². The fourth-order valence-corrected chi connectivity index (χ4v) is 3.37. The zero-order valence-corrected chi connectivity index (χ0v) is 13.6. The number of nitrogens with zero attached hydrogens (tertiary/aromatic N) is 3. The molecule has 1 aliphatic rings. The van der Waals surface area contributed by atoms with Gasteiger partial charge in [-0.05, 0) is 12.5 Å². The van der Waals surface area contributed by atoms with Gasteiger partial charge >= 0.3 is 5.97 Å². The van der Waals surface area contributed by atoms with Crippen LogP contribution in [0.25, 0.3) is 11.0 Å². The Bertz CT molecular complexity index is 773. The molecule has 3 rings (SSSR count). The summed E-state index contributed by atoms with van der Waals surface area (Å²) in [7, 11) is 0. The van der Waals surface area contributed by atoms with Crippen LogP contribution in [-0.2, 0) is 14.3 Å². The van der Waals surface area contributed by atoms with Gasteiger partial charge in [-0.3, -0.25) is 9.59 Å². The lowest BCUT2D eigenvalue weighted by Gasteiger charge is -2.16. The number of anilines is 1. The first-order chi connectivity index (χ1) is 11.5. The zero-order valence-electron chi connectivity index (χ0n) is 13.6. The highest BCUT2D eigenvalue weighted by Crippen LogP contribution is 2.38. The number of rotatable bonds is 4. The lowest BCUT2D eigenvalue weighted by molar-refractivity contribution is -0.148. The molecule has 1 aliphatic carbocycles. The number of carbonyl (C=O) groups excluding carboxylic acids is 2. The van der Waals surface area contributed by atoms with Crippen molar-refractivity contribution in [1.82, 2.24) is 14.5 Å². The molecule has 8 nitrogen and oxygen atoms in total. The largest absolute Gasteiger partial charge is 0.462 e. The van der Waals surface area contributed by atoms with E-state index >= 15 is 0 Å². The molecule has 8 heteroatoms. The van der Waals surface area contributed by atoms with Gasteiger partial charge in [-0.15, -0.1) is 0 Å². The zero-order chi connectivity index (χ0) is 17.3. The van der Waals surface area contributed by atoms with Gasteiger partial charge < -0.3 is 19.7 Å². The second kappa shape index (κ2) is 6.56. The SMILES string of the molecule is CC(=O)Nc1ncnc2c1ccn2C1CC(CO)C(OC(C)=O)C1. The first kappa shape index (κ1) is 16.4. The Labute approximate surface area is 138 Å². The number of fused-ring (bicyclic) bond motifs is 1. The van der Waals surface area contributed by atoms with Crippen molar-refractivity contribution in [3.63, 3.8) is 0 Å². The normalized spacial score (nSPS) is 23.4. The molecule has 2 aromatic heterocycles. The maximum atomic E-state index is 11.3. The Morgan fingerprint density at radius 1 is 1.38 bits per heavy atom. The molecular formula is C16H20N4O4. The fourth-order valence-electron chi connectivity index (χ4n) is 3.37. The lowest BCUT2D eigenvalue weighted by Crippen LogP contribution is -2.23. The van der Waals surface area contributed by atoms with Crippen LogP contribution in [0.3, 0.4) is 0 Å². The van der Waals surface area contributed by atoms with Gasteiger partial charge in [0.25, 0.3) is 0 Å². The Kier molecular flexibility index (Phi) is 4.48. The number of hydrogen-bond acceptors (Lipinski definition) is 6. The van der Waals surface area contributed by atoms with Crippen molar-refractivity contribution in [3.05, 3.63) is 18.6 Å². The van der Waals surface area contributed by atoms with Crippen molar-refractivity contribution in [1.29, 1.82) is 0 Å². The minimum absolute atomic E-state index is 0.0280. The van der Waals surface area contributed by atoms with E-state index in [0.717, 1.165) is 5.39 Å². The molecule has 128 valence electrons. The summed E-state index contributed by atoms with van der Waals surface area (Å²) in [5, 5.41) is 13.0. The highest BCUT2D eigenvalue weighted by atomic mass is 16.5. The third kappa shape index (κ3) is 3.09. The second-order valence-electron chi connectivity index (χ2n) is 6.08. The Morgan fingerprint density at radius 2 is 2.17 bits per heavy atom. The molecule has 2 aromatic rings. The van der Waals surface area contributed by atoms with E-state index in [2.05, 4.69) is 15.3 Å². The van der Waals surface area contributed by atoms with Crippen LogP contribution in [0.1, 0.15) is 32.7 Å². The molecule has 0 aliphatic heterocycles. The van der Waals surface area contributed by atoms with Crippen molar-refractivity contribution in [2.75, 3.05) is 11.9 Å². The van der Waals surface area contributed by atoms with Crippen LogP contribution in [0, 0.1) is 5.92 Å². The van der Waals surface area contributed by atoms with Crippen LogP contribution in [-0.4, -0.2) is 44.2 Å². The number of ether oxygens (including phenoxy) is 1. The number of amides is 1. The average Bonchev–Trinajstić information content (AvgIpc) is 3.10. The molecule has 3 atom stereocenters. The fraction of sp³-hybridized carbons (Fsp3) is 0.500. The summed E-state index contributed by atoms with van der Waals surface area (Å²) in [4.78, 5) is 31.0. The molecule has 2 N–H and O–H groups in total. The summed E-state index contributed by atoms with van der Waals surface area (Å²) in [6.45, 7) is 2.77. The monoisotopic (exact) mass is 332 g/mol.